The molecule has 0 aliphatic carbocycles. The third-order valence-corrected chi connectivity index (χ3v) is 4.31. The number of hydrogen-bond acceptors (Lipinski definition) is 2. The first-order valence-corrected chi connectivity index (χ1v) is 7.19. The van der Waals surface area contributed by atoms with E-state index in [-0.39, 0.29) is 5.78 Å². The summed E-state index contributed by atoms with van der Waals surface area (Å²) in [5.41, 5.74) is 3.26. The number of H-pyrrole nitrogens is 1. The summed E-state index contributed by atoms with van der Waals surface area (Å²) >= 11 is 0. The third kappa shape index (κ3) is 3.27. The molecule has 106 valence electrons. The van der Waals surface area contributed by atoms with Gasteiger partial charge in [-0.2, -0.15) is 0 Å². The molecule has 1 aromatic rings. The van der Waals surface area contributed by atoms with Crippen molar-refractivity contribution in [2.75, 3.05) is 19.6 Å². The fourth-order valence-corrected chi connectivity index (χ4v) is 2.98. The summed E-state index contributed by atoms with van der Waals surface area (Å²) < 4.78 is 0. The molecule has 0 aromatic carbocycles. The molecule has 1 atom stereocenters. The molecular weight excluding hydrogens is 236 g/mol. The second-order valence-electron chi connectivity index (χ2n) is 7.00. The molecule has 3 heteroatoms. The molecule has 0 spiro atoms. The summed E-state index contributed by atoms with van der Waals surface area (Å²) in [5.74, 6) is 0.950. The van der Waals surface area contributed by atoms with Crippen LogP contribution in [0.3, 0.4) is 0 Å². The van der Waals surface area contributed by atoms with Crippen LogP contribution in [0.4, 0.5) is 0 Å². The minimum atomic E-state index is 0.247. The van der Waals surface area contributed by atoms with E-state index in [9.17, 15) is 4.79 Å². The molecule has 19 heavy (non-hydrogen) atoms. The molecule has 1 fully saturated rings. The zero-order chi connectivity index (χ0) is 14.2. The van der Waals surface area contributed by atoms with Crippen LogP contribution in [0.15, 0.2) is 6.07 Å². The normalized spacial score (nSPS) is 21.0. The molecule has 1 N–H and O–H groups in total. The van der Waals surface area contributed by atoms with Crippen molar-refractivity contribution in [3.05, 3.63) is 23.0 Å². The number of aromatic amines is 1. The Hall–Kier alpha value is -1.09. The van der Waals surface area contributed by atoms with Gasteiger partial charge in [-0.1, -0.05) is 20.8 Å². The van der Waals surface area contributed by atoms with Gasteiger partial charge in [0, 0.05) is 23.5 Å². The first-order chi connectivity index (χ1) is 8.77. The van der Waals surface area contributed by atoms with Gasteiger partial charge in [-0.05, 0) is 44.2 Å². The number of carbonyl (C=O) groups is 1. The number of carbonyl (C=O) groups excluding carboxylic acids is 1. The van der Waals surface area contributed by atoms with Crippen LogP contribution in [0, 0.1) is 25.2 Å². The molecule has 0 radical (unpaired) electrons. The molecule has 1 aliphatic rings. The first kappa shape index (κ1) is 14.3. The summed E-state index contributed by atoms with van der Waals surface area (Å²) in [6.07, 6.45) is 1.21. The number of Topliss-reactive ketones (excluding diaryl/α,β-unsaturated/α-hetero) is 1. The lowest BCUT2D eigenvalue weighted by atomic mass is 9.80. The Labute approximate surface area is 116 Å². The van der Waals surface area contributed by atoms with Crippen LogP contribution in [-0.4, -0.2) is 35.3 Å². The number of likely N-dealkylation sites (tertiary alicyclic amines) is 1. The predicted molar refractivity (Wildman–Crippen MR) is 78.6 cm³/mol. The lowest BCUT2D eigenvalue weighted by Crippen LogP contribution is -2.30. The maximum atomic E-state index is 12.3. The van der Waals surface area contributed by atoms with E-state index in [1.165, 1.54) is 6.42 Å². The quantitative estimate of drug-likeness (QED) is 0.849. The summed E-state index contributed by atoms with van der Waals surface area (Å²) in [4.78, 5) is 17.8. The van der Waals surface area contributed by atoms with Crippen molar-refractivity contribution in [3.8, 4) is 0 Å². The fraction of sp³-hybridized carbons (Fsp3) is 0.688. The molecule has 0 saturated carbocycles. The van der Waals surface area contributed by atoms with E-state index in [1.54, 1.807) is 0 Å². The number of nitrogens with one attached hydrogen (secondary N) is 1. The molecule has 1 saturated heterocycles. The van der Waals surface area contributed by atoms with E-state index in [2.05, 4.69) is 30.7 Å². The predicted octanol–water partition coefficient (Wildman–Crippen LogP) is 3.18. The Bertz CT molecular complexity index is 468. The molecule has 1 aliphatic heterocycles. The second-order valence-corrected chi connectivity index (χ2v) is 7.00. The van der Waals surface area contributed by atoms with Crippen molar-refractivity contribution in [3.63, 3.8) is 0 Å². The number of ketones is 1. The van der Waals surface area contributed by atoms with Gasteiger partial charge in [0.15, 0.2) is 5.78 Å². The molecular formula is C16H26N2O. The SMILES string of the molecule is Cc1cc(C(=O)CN2CCC(C(C)(C)C)C2)c(C)[nH]1. The van der Waals surface area contributed by atoms with Crippen LogP contribution < -0.4 is 0 Å². The van der Waals surface area contributed by atoms with Crippen LogP contribution >= 0.6 is 0 Å². The maximum absolute atomic E-state index is 12.3. The van der Waals surface area contributed by atoms with E-state index >= 15 is 0 Å². The highest BCUT2D eigenvalue weighted by Gasteiger charge is 2.32. The van der Waals surface area contributed by atoms with Gasteiger partial charge < -0.3 is 4.98 Å². The van der Waals surface area contributed by atoms with Crippen molar-refractivity contribution >= 4 is 5.78 Å². The Kier molecular flexibility index (Phi) is 3.86. The van der Waals surface area contributed by atoms with Gasteiger partial charge in [0.05, 0.1) is 6.54 Å². The van der Waals surface area contributed by atoms with Gasteiger partial charge >= 0.3 is 0 Å². The first-order valence-electron chi connectivity index (χ1n) is 7.19. The molecule has 1 unspecified atom stereocenters. The van der Waals surface area contributed by atoms with Crippen LogP contribution in [0.1, 0.15) is 48.9 Å². The number of aromatic nitrogens is 1. The lowest BCUT2D eigenvalue weighted by Gasteiger charge is -2.27. The fourth-order valence-electron chi connectivity index (χ4n) is 2.98. The van der Waals surface area contributed by atoms with Crippen molar-refractivity contribution in [2.24, 2.45) is 11.3 Å². The minimum Gasteiger partial charge on any atom is -0.362 e. The van der Waals surface area contributed by atoms with Gasteiger partial charge in [0.25, 0.3) is 0 Å². The largest absolute Gasteiger partial charge is 0.362 e. The zero-order valence-corrected chi connectivity index (χ0v) is 12.8. The topological polar surface area (TPSA) is 36.1 Å². The van der Waals surface area contributed by atoms with Crippen LogP contribution in [0.5, 0.6) is 0 Å². The van der Waals surface area contributed by atoms with Crippen LogP contribution in [0.2, 0.25) is 0 Å². The monoisotopic (exact) mass is 262 g/mol. The Morgan fingerprint density at radius 3 is 2.58 bits per heavy atom. The number of hydrogen-bond donors (Lipinski definition) is 1. The molecule has 0 bridgehead atoms. The van der Waals surface area contributed by atoms with Gasteiger partial charge in [0.2, 0.25) is 0 Å². The Morgan fingerprint density at radius 2 is 2.11 bits per heavy atom. The summed E-state index contributed by atoms with van der Waals surface area (Å²) in [5, 5.41) is 0. The van der Waals surface area contributed by atoms with Gasteiger partial charge in [-0.25, -0.2) is 0 Å². The Balaban J connectivity index is 1.96. The summed E-state index contributed by atoms with van der Waals surface area (Å²) in [6.45, 7) is 13.5. The van der Waals surface area contributed by atoms with E-state index in [0.29, 0.717) is 17.9 Å². The average molecular weight is 262 g/mol. The molecule has 1 aromatic heterocycles. The standard InChI is InChI=1S/C16H26N2O/c1-11-8-14(12(2)17-11)15(19)10-18-7-6-13(9-18)16(3,4)5/h8,13,17H,6-7,9-10H2,1-5H3. The average Bonchev–Trinajstić information content (AvgIpc) is 2.84. The van der Waals surface area contributed by atoms with E-state index in [1.807, 2.05) is 19.9 Å². The molecule has 3 nitrogen and oxygen atoms in total. The molecule has 2 rings (SSSR count). The summed E-state index contributed by atoms with van der Waals surface area (Å²) in [7, 11) is 0. The minimum absolute atomic E-state index is 0.247. The zero-order valence-electron chi connectivity index (χ0n) is 12.8. The maximum Gasteiger partial charge on any atom is 0.178 e. The number of aryl methyl sites for hydroxylation is 2. The van der Waals surface area contributed by atoms with Gasteiger partial charge in [-0.3, -0.25) is 9.69 Å². The smallest absolute Gasteiger partial charge is 0.178 e. The van der Waals surface area contributed by atoms with E-state index in [0.717, 1.165) is 30.0 Å². The number of rotatable bonds is 3. The number of nitrogens with zero attached hydrogens (tertiary/aromatic N) is 1. The van der Waals surface area contributed by atoms with Crippen LogP contribution in [-0.2, 0) is 0 Å². The third-order valence-electron chi connectivity index (χ3n) is 4.31. The summed E-state index contributed by atoms with van der Waals surface area (Å²) in [6, 6.07) is 1.97. The van der Waals surface area contributed by atoms with Gasteiger partial charge in [-0.15, -0.1) is 0 Å². The van der Waals surface area contributed by atoms with Crippen molar-refractivity contribution in [1.82, 2.24) is 9.88 Å². The highest BCUT2D eigenvalue weighted by molar-refractivity contribution is 5.98. The Morgan fingerprint density at radius 1 is 1.42 bits per heavy atom. The van der Waals surface area contributed by atoms with Crippen molar-refractivity contribution < 1.29 is 4.79 Å². The van der Waals surface area contributed by atoms with Crippen molar-refractivity contribution in [1.29, 1.82) is 0 Å². The second kappa shape index (κ2) is 5.12. The van der Waals surface area contributed by atoms with Crippen LogP contribution in [0.25, 0.3) is 0 Å². The molecule has 0 amide bonds. The lowest BCUT2D eigenvalue weighted by molar-refractivity contribution is 0.0937. The highest BCUT2D eigenvalue weighted by Crippen LogP contribution is 2.33. The van der Waals surface area contributed by atoms with Crippen molar-refractivity contribution in [2.45, 2.75) is 41.0 Å². The molecule has 2 heterocycles. The van der Waals surface area contributed by atoms with E-state index < -0.39 is 0 Å². The highest BCUT2D eigenvalue weighted by atomic mass is 16.1. The van der Waals surface area contributed by atoms with E-state index in [4.69, 9.17) is 0 Å². The van der Waals surface area contributed by atoms with Gasteiger partial charge in [0.1, 0.15) is 0 Å².